The molecule has 0 aromatic heterocycles. The first-order valence-electron chi connectivity index (χ1n) is 5.29. The Kier molecular flexibility index (Phi) is 2.93. The molecule has 1 atom stereocenters. The van der Waals surface area contributed by atoms with Crippen LogP contribution in [0.5, 0.6) is 0 Å². The average molecular weight is 284 g/mol. The number of carboxylic acids is 1. The number of carboxylic acid groups (broad SMARTS) is 1. The molecule has 1 aromatic carbocycles. The third-order valence-corrected chi connectivity index (χ3v) is 3.47. The van der Waals surface area contributed by atoms with Crippen molar-refractivity contribution in [2.45, 2.75) is 25.8 Å². The van der Waals surface area contributed by atoms with Crippen molar-refractivity contribution in [2.24, 2.45) is 0 Å². The summed E-state index contributed by atoms with van der Waals surface area (Å²) in [6.45, 7) is 4.73. The molecule has 1 aliphatic rings. The summed E-state index contributed by atoms with van der Waals surface area (Å²) in [5.41, 5.74) is 1.96. The van der Waals surface area contributed by atoms with Gasteiger partial charge in [-0.25, -0.2) is 0 Å². The van der Waals surface area contributed by atoms with E-state index in [-0.39, 0.29) is 0 Å². The number of hydrogen-bond donors (Lipinski definition) is 1. The van der Waals surface area contributed by atoms with Crippen molar-refractivity contribution in [3.63, 3.8) is 0 Å². The van der Waals surface area contributed by atoms with Crippen LogP contribution in [0.1, 0.15) is 25.3 Å². The number of anilines is 1. The van der Waals surface area contributed by atoms with E-state index in [0.717, 1.165) is 15.7 Å². The van der Waals surface area contributed by atoms with E-state index in [1.165, 1.54) is 0 Å². The first kappa shape index (κ1) is 11.5. The summed E-state index contributed by atoms with van der Waals surface area (Å²) in [6, 6.07) is 6.18. The Balaban J connectivity index is 2.48. The lowest BCUT2D eigenvalue weighted by molar-refractivity contribution is -0.138. The van der Waals surface area contributed by atoms with Gasteiger partial charge in [0.15, 0.2) is 0 Å². The molecule has 4 heteroatoms. The Hall–Kier alpha value is -1.03. The fourth-order valence-corrected chi connectivity index (χ4v) is 2.54. The van der Waals surface area contributed by atoms with Crippen molar-refractivity contribution in [1.29, 1.82) is 0 Å². The van der Waals surface area contributed by atoms with Crippen LogP contribution in [-0.2, 0) is 4.79 Å². The van der Waals surface area contributed by atoms with Crippen LogP contribution in [-0.4, -0.2) is 23.7 Å². The van der Waals surface area contributed by atoms with Gasteiger partial charge in [-0.15, -0.1) is 0 Å². The SMILES string of the molecule is CC(C)N1CC(C(=O)O)c2cc(Br)ccc21. The molecular formula is C12H14BrNO2. The van der Waals surface area contributed by atoms with Crippen molar-refractivity contribution in [2.75, 3.05) is 11.4 Å². The number of halogens is 1. The molecule has 1 heterocycles. The monoisotopic (exact) mass is 283 g/mol. The molecule has 0 bridgehead atoms. The van der Waals surface area contributed by atoms with E-state index in [9.17, 15) is 9.90 Å². The standard InChI is InChI=1S/C12H14BrNO2/c1-7(2)14-6-10(12(15)16)9-5-8(13)3-4-11(9)14/h3-5,7,10H,6H2,1-2H3,(H,15,16). The van der Waals surface area contributed by atoms with Gasteiger partial charge in [-0.1, -0.05) is 15.9 Å². The number of aliphatic carboxylic acids is 1. The lowest BCUT2D eigenvalue weighted by Crippen LogP contribution is -2.30. The maximum atomic E-state index is 11.2. The smallest absolute Gasteiger partial charge is 0.312 e. The second-order valence-corrected chi connectivity index (χ2v) is 5.26. The van der Waals surface area contributed by atoms with Crippen LogP contribution in [0.4, 0.5) is 5.69 Å². The summed E-state index contributed by atoms with van der Waals surface area (Å²) in [6.07, 6.45) is 0. The van der Waals surface area contributed by atoms with Crippen molar-refractivity contribution in [3.05, 3.63) is 28.2 Å². The fraction of sp³-hybridized carbons (Fsp3) is 0.417. The van der Waals surface area contributed by atoms with Gasteiger partial charge in [0, 0.05) is 22.7 Å². The second-order valence-electron chi connectivity index (χ2n) is 4.34. The quantitative estimate of drug-likeness (QED) is 0.907. The minimum Gasteiger partial charge on any atom is -0.481 e. The van der Waals surface area contributed by atoms with Crippen LogP contribution in [0, 0.1) is 0 Å². The normalized spacial score (nSPS) is 19.0. The van der Waals surface area contributed by atoms with Crippen LogP contribution in [0.2, 0.25) is 0 Å². The predicted octanol–water partition coefficient (Wildman–Crippen LogP) is 2.85. The number of hydrogen-bond acceptors (Lipinski definition) is 2. The molecule has 16 heavy (non-hydrogen) atoms. The Morgan fingerprint density at radius 1 is 1.56 bits per heavy atom. The van der Waals surface area contributed by atoms with Crippen molar-refractivity contribution >= 4 is 27.6 Å². The summed E-state index contributed by atoms with van der Waals surface area (Å²) >= 11 is 3.39. The largest absolute Gasteiger partial charge is 0.481 e. The molecular weight excluding hydrogens is 270 g/mol. The topological polar surface area (TPSA) is 40.5 Å². The van der Waals surface area contributed by atoms with Crippen molar-refractivity contribution in [3.8, 4) is 0 Å². The van der Waals surface area contributed by atoms with E-state index in [1.807, 2.05) is 18.2 Å². The van der Waals surface area contributed by atoms with E-state index < -0.39 is 11.9 Å². The number of benzene rings is 1. The maximum absolute atomic E-state index is 11.2. The second kappa shape index (κ2) is 4.09. The molecule has 2 rings (SSSR count). The summed E-state index contributed by atoms with van der Waals surface area (Å²) in [5.74, 6) is -1.16. The van der Waals surface area contributed by atoms with Crippen LogP contribution in [0.25, 0.3) is 0 Å². The van der Waals surface area contributed by atoms with Crippen LogP contribution >= 0.6 is 15.9 Å². The van der Waals surface area contributed by atoms with E-state index in [2.05, 4.69) is 34.7 Å². The molecule has 0 saturated heterocycles. The van der Waals surface area contributed by atoms with Gasteiger partial charge in [0.1, 0.15) is 5.92 Å². The van der Waals surface area contributed by atoms with Gasteiger partial charge >= 0.3 is 5.97 Å². The Labute approximate surface area is 103 Å². The molecule has 0 radical (unpaired) electrons. The minimum atomic E-state index is -0.748. The first-order chi connectivity index (χ1) is 7.50. The molecule has 1 N–H and O–H groups in total. The average Bonchev–Trinajstić information content (AvgIpc) is 2.56. The molecule has 0 saturated carbocycles. The van der Waals surface area contributed by atoms with Gasteiger partial charge in [0.25, 0.3) is 0 Å². The molecule has 0 spiro atoms. The summed E-state index contributed by atoms with van der Waals surface area (Å²) in [4.78, 5) is 13.3. The summed E-state index contributed by atoms with van der Waals surface area (Å²) < 4.78 is 0.933. The molecule has 3 nitrogen and oxygen atoms in total. The van der Waals surface area contributed by atoms with Gasteiger partial charge in [0.05, 0.1) is 0 Å². The Morgan fingerprint density at radius 3 is 2.81 bits per heavy atom. The zero-order valence-corrected chi connectivity index (χ0v) is 10.9. The Bertz CT molecular complexity index is 431. The van der Waals surface area contributed by atoms with Crippen LogP contribution in [0.15, 0.2) is 22.7 Å². The van der Waals surface area contributed by atoms with Crippen molar-refractivity contribution < 1.29 is 9.90 Å². The molecule has 0 aliphatic carbocycles. The molecule has 1 aromatic rings. The molecule has 0 fully saturated rings. The van der Waals surface area contributed by atoms with E-state index in [0.29, 0.717) is 12.6 Å². The highest BCUT2D eigenvalue weighted by Crippen LogP contribution is 2.39. The zero-order valence-electron chi connectivity index (χ0n) is 9.27. The molecule has 0 amide bonds. The lowest BCUT2D eigenvalue weighted by atomic mass is 10.0. The molecule has 86 valence electrons. The highest BCUT2D eigenvalue weighted by molar-refractivity contribution is 9.10. The van der Waals surface area contributed by atoms with Gasteiger partial charge in [0.2, 0.25) is 0 Å². The summed E-state index contributed by atoms with van der Waals surface area (Å²) in [5, 5.41) is 9.21. The van der Waals surface area contributed by atoms with E-state index in [1.54, 1.807) is 0 Å². The minimum absolute atomic E-state index is 0.323. The lowest BCUT2D eigenvalue weighted by Gasteiger charge is -2.24. The first-order valence-corrected chi connectivity index (χ1v) is 6.09. The number of rotatable bonds is 2. The van der Waals surface area contributed by atoms with Crippen LogP contribution < -0.4 is 4.90 Å². The molecule has 1 aliphatic heterocycles. The highest BCUT2D eigenvalue weighted by Gasteiger charge is 2.34. The van der Waals surface area contributed by atoms with E-state index >= 15 is 0 Å². The number of carbonyl (C=O) groups is 1. The van der Waals surface area contributed by atoms with Crippen LogP contribution in [0.3, 0.4) is 0 Å². The van der Waals surface area contributed by atoms with Gasteiger partial charge in [-0.3, -0.25) is 4.79 Å². The third-order valence-electron chi connectivity index (χ3n) is 2.98. The zero-order chi connectivity index (χ0) is 11.9. The molecule has 1 unspecified atom stereocenters. The van der Waals surface area contributed by atoms with Gasteiger partial charge in [-0.05, 0) is 37.6 Å². The Morgan fingerprint density at radius 2 is 2.25 bits per heavy atom. The van der Waals surface area contributed by atoms with Crippen molar-refractivity contribution in [1.82, 2.24) is 0 Å². The third kappa shape index (κ3) is 1.82. The predicted molar refractivity (Wildman–Crippen MR) is 67.0 cm³/mol. The van der Waals surface area contributed by atoms with Gasteiger partial charge < -0.3 is 10.0 Å². The highest BCUT2D eigenvalue weighted by atomic mass is 79.9. The number of fused-ring (bicyclic) bond motifs is 1. The van der Waals surface area contributed by atoms with Gasteiger partial charge in [-0.2, -0.15) is 0 Å². The maximum Gasteiger partial charge on any atom is 0.312 e. The summed E-state index contributed by atoms with van der Waals surface area (Å²) in [7, 11) is 0. The fourth-order valence-electron chi connectivity index (χ4n) is 2.16. The van der Waals surface area contributed by atoms with E-state index in [4.69, 9.17) is 0 Å². The number of nitrogens with zero attached hydrogens (tertiary/aromatic N) is 1.